The van der Waals surface area contributed by atoms with Gasteiger partial charge < -0.3 is 5.32 Å². The molecule has 0 bridgehead atoms. The van der Waals surface area contributed by atoms with Crippen LogP contribution in [0, 0.1) is 0 Å². The Balaban J connectivity index is 2.34. The van der Waals surface area contributed by atoms with E-state index in [4.69, 9.17) is 0 Å². The quantitative estimate of drug-likeness (QED) is 0.771. The van der Waals surface area contributed by atoms with Gasteiger partial charge in [0.25, 0.3) is 0 Å². The first kappa shape index (κ1) is 12.7. The third-order valence-electron chi connectivity index (χ3n) is 2.62. The third-order valence-corrected chi connectivity index (χ3v) is 3.76. The minimum atomic E-state index is 0.656. The minimum Gasteiger partial charge on any atom is -0.308 e. The SMILES string of the molecule is CCCC(CC)NCc1ncc(CC)s1. The second kappa shape index (κ2) is 6.96. The van der Waals surface area contributed by atoms with Crippen LogP contribution >= 0.6 is 11.3 Å². The van der Waals surface area contributed by atoms with Crippen molar-refractivity contribution < 1.29 is 0 Å². The molecule has 0 aliphatic carbocycles. The first-order valence-electron chi connectivity index (χ1n) is 5.97. The summed E-state index contributed by atoms with van der Waals surface area (Å²) in [5.41, 5.74) is 0. The molecule has 0 aliphatic heterocycles. The highest BCUT2D eigenvalue weighted by Gasteiger charge is 2.05. The van der Waals surface area contributed by atoms with Crippen LogP contribution in [0.2, 0.25) is 0 Å². The van der Waals surface area contributed by atoms with E-state index in [1.807, 2.05) is 17.5 Å². The molecule has 0 aromatic carbocycles. The van der Waals surface area contributed by atoms with Crippen LogP contribution in [0.1, 0.15) is 49.9 Å². The number of hydrogen-bond acceptors (Lipinski definition) is 3. The Morgan fingerprint density at radius 3 is 2.73 bits per heavy atom. The van der Waals surface area contributed by atoms with Crippen molar-refractivity contribution in [1.29, 1.82) is 0 Å². The van der Waals surface area contributed by atoms with Gasteiger partial charge in [0.1, 0.15) is 5.01 Å². The summed E-state index contributed by atoms with van der Waals surface area (Å²) in [5, 5.41) is 4.80. The van der Waals surface area contributed by atoms with Crippen LogP contribution in [0.4, 0.5) is 0 Å². The third kappa shape index (κ3) is 4.31. The molecule has 0 saturated heterocycles. The van der Waals surface area contributed by atoms with Gasteiger partial charge in [0.05, 0.1) is 0 Å². The summed E-state index contributed by atoms with van der Waals surface area (Å²) in [6.07, 6.45) is 6.83. The molecular weight excluding hydrogens is 204 g/mol. The zero-order chi connectivity index (χ0) is 11.1. The molecule has 3 heteroatoms. The van der Waals surface area contributed by atoms with Gasteiger partial charge in [0, 0.05) is 23.7 Å². The molecule has 1 aromatic rings. The molecule has 0 amide bonds. The van der Waals surface area contributed by atoms with Gasteiger partial charge in [-0.05, 0) is 19.3 Å². The zero-order valence-electron chi connectivity index (χ0n) is 10.0. The average Bonchev–Trinajstić information content (AvgIpc) is 2.72. The summed E-state index contributed by atoms with van der Waals surface area (Å²) in [7, 11) is 0. The van der Waals surface area contributed by atoms with Gasteiger partial charge in [-0.3, -0.25) is 0 Å². The lowest BCUT2D eigenvalue weighted by molar-refractivity contribution is 0.462. The van der Waals surface area contributed by atoms with Crippen molar-refractivity contribution in [2.24, 2.45) is 0 Å². The molecule has 0 fully saturated rings. The summed E-state index contributed by atoms with van der Waals surface area (Å²) >= 11 is 1.83. The summed E-state index contributed by atoms with van der Waals surface area (Å²) < 4.78 is 0. The Morgan fingerprint density at radius 2 is 2.20 bits per heavy atom. The average molecular weight is 226 g/mol. The predicted molar refractivity (Wildman–Crippen MR) is 67.3 cm³/mol. The first-order chi connectivity index (χ1) is 7.30. The maximum absolute atomic E-state index is 4.41. The van der Waals surface area contributed by atoms with E-state index in [1.165, 1.54) is 29.1 Å². The number of aromatic nitrogens is 1. The molecule has 1 unspecified atom stereocenters. The van der Waals surface area contributed by atoms with Crippen molar-refractivity contribution >= 4 is 11.3 Å². The lowest BCUT2D eigenvalue weighted by Gasteiger charge is -2.14. The Hall–Kier alpha value is -0.410. The highest BCUT2D eigenvalue weighted by molar-refractivity contribution is 7.11. The maximum Gasteiger partial charge on any atom is 0.107 e. The molecule has 0 saturated carbocycles. The van der Waals surface area contributed by atoms with Gasteiger partial charge in [-0.15, -0.1) is 11.3 Å². The monoisotopic (exact) mass is 226 g/mol. The molecule has 0 radical (unpaired) electrons. The Kier molecular flexibility index (Phi) is 5.88. The molecule has 15 heavy (non-hydrogen) atoms. The van der Waals surface area contributed by atoms with E-state index >= 15 is 0 Å². The summed E-state index contributed by atoms with van der Waals surface area (Å²) in [6, 6.07) is 0.656. The largest absolute Gasteiger partial charge is 0.308 e. The van der Waals surface area contributed by atoms with E-state index in [0.717, 1.165) is 13.0 Å². The first-order valence-corrected chi connectivity index (χ1v) is 6.78. The van der Waals surface area contributed by atoms with E-state index < -0.39 is 0 Å². The van der Waals surface area contributed by atoms with Crippen molar-refractivity contribution in [1.82, 2.24) is 10.3 Å². The fourth-order valence-electron chi connectivity index (χ4n) is 1.62. The van der Waals surface area contributed by atoms with Crippen molar-refractivity contribution in [3.8, 4) is 0 Å². The topological polar surface area (TPSA) is 24.9 Å². The highest BCUT2D eigenvalue weighted by Crippen LogP contribution is 2.13. The van der Waals surface area contributed by atoms with E-state index in [0.29, 0.717) is 6.04 Å². The molecule has 86 valence electrons. The maximum atomic E-state index is 4.41. The molecule has 1 rings (SSSR count). The second-order valence-corrected chi connectivity index (χ2v) is 5.05. The van der Waals surface area contributed by atoms with Crippen LogP contribution in [-0.2, 0) is 13.0 Å². The van der Waals surface area contributed by atoms with Gasteiger partial charge in [0.2, 0.25) is 0 Å². The van der Waals surface area contributed by atoms with Crippen molar-refractivity contribution in [2.75, 3.05) is 0 Å². The number of hydrogen-bond donors (Lipinski definition) is 1. The van der Waals surface area contributed by atoms with Gasteiger partial charge in [-0.2, -0.15) is 0 Å². The molecule has 0 spiro atoms. The van der Waals surface area contributed by atoms with Gasteiger partial charge in [0.15, 0.2) is 0 Å². The van der Waals surface area contributed by atoms with Crippen molar-refractivity contribution in [3.05, 3.63) is 16.1 Å². The van der Waals surface area contributed by atoms with Crippen LogP contribution in [0.3, 0.4) is 0 Å². The Morgan fingerprint density at radius 1 is 1.40 bits per heavy atom. The van der Waals surface area contributed by atoms with Crippen LogP contribution in [-0.4, -0.2) is 11.0 Å². The van der Waals surface area contributed by atoms with Crippen molar-refractivity contribution in [2.45, 2.75) is 59.0 Å². The minimum absolute atomic E-state index is 0.656. The van der Waals surface area contributed by atoms with E-state index in [1.54, 1.807) is 0 Å². The normalized spacial score (nSPS) is 13.0. The van der Waals surface area contributed by atoms with Gasteiger partial charge in [-0.25, -0.2) is 4.98 Å². The van der Waals surface area contributed by atoms with Crippen LogP contribution in [0.25, 0.3) is 0 Å². The molecule has 1 atom stereocenters. The smallest absolute Gasteiger partial charge is 0.107 e. The van der Waals surface area contributed by atoms with Crippen LogP contribution < -0.4 is 5.32 Å². The molecule has 1 heterocycles. The lowest BCUT2D eigenvalue weighted by Crippen LogP contribution is -2.27. The summed E-state index contributed by atoms with van der Waals surface area (Å²) in [4.78, 5) is 5.79. The molecule has 1 N–H and O–H groups in total. The fourth-order valence-corrected chi connectivity index (χ4v) is 2.44. The van der Waals surface area contributed by atoms with Gasteiger partial charge in [-0.1, -0.05) is 27.2 Å². The number of aryl methyl sites for hydroxylation is 1. The Labute approximate surface area is 97.1 Å². The summed E-state index contributed by atoms with van der Waals surface area (Å²) in [6.45, 7) is 7.59. The number of nitrogens with zero attached hydrogens (tertiary/aromatic N) is 1. The number of rotatable bonds is 7. The van der Waals surface area contributed by atoms with Crippen LogP contribution in [0.5, 0.6) is 0 Å². The highest BCUT2D eigenvalue weighted by atomic mass is 32.1. The Bertz CT molecular complexity index is 270. The zero-order valence-corrected chi connectivity index (χ0v) is 10.9. The standard InChI is InChI=1S/C12H22N2S/c1-4-7-10(5-2)13-9-12-14-8-11(6-3)15-12/h8,10,13H,4-7,9H2,1-3H3. The summed E-state index contributed by atoms with van der Waals surface area (Å²) in [5.74, 6) is 0. The van der Waals surface area contributed by atoms with Gasteiger partial charge >= 0.3 is 0 Å². The van der Waals surface area contributed by atoms with E-state index in [-0.39, 0.29) is 0 Å². The number of nitrogens with one attached hydrogen (secondary N) is 1. The van der Waals surface area contributed by atoms with Crippen LogP contribution in [0.15, 0.2) is 6.20 Å². The fraction of sp³-hybridized carbons (Fsp3) is 0.750. The second-order valence-electron chi connectivity index (χ2n) is 3.85. The lowest BCUT2D eigenvalue weighted by atomic mass is 10.1. The predicted octanol–water partition coefficient (Wildman–Crippen LogP) is 3.37. The van der Waals surface area contributed by atoms with Crippen molar-refractivity contribution in [3.63, 3.8) is 0 Å². The van der Waals surface area contributed by atoms with E-state index in [9.17, 15) is 0 Å². The molecule has 1 aromatic heterocycles. The number of thiazole rings is 1. The van der Waals surface area contributed by atoms with E-state index in [2.05, 4.69) is 31.1 Å². The molecular formula is C12H22N2S. The molecule has 2 nitrogen and oxygen atoms in total. The molecule has 0 aliphatic rings.